The van der Waals surface area contributed by atoms with Crippen molar-refractivity contribution in [2.24, 2.45) is 5.92 Å². The van der Waals surface area contributed by atoms with Crippen LogP contribution in [0.3, 0.4) is 0 Å². The van der Waals surface area contributed by atoms with Gasteiger partial charge in [-0.25, -0.2) is 9.59 Å². The van der Waals surface area contributed by atoms with Gasteiger partial charge in [0.25, 0.3) is 0 Å². The van der Waals surface area contributed by atoms with E-state index in [0.29, 0.717) is 30.1 Å². The van der Waals surface area contributed by atoms with E-state index in [0.717, 1.165) is 0 Å². The molecular formula is C19H25ClN2O5. The zero-order valence-electron chi connectivity index (χ0n) is 16.0. The molecule has 1 saturated heterocycles. The SMILES string of the molecule is COC(=O)c1ccc(Cl)c(NC(=O)C2CCCN(C(=O)OC(C)(C)C)C2)c1. The van der Waals surface area contributed by atoms with Crippen LogP contribution in [0, 0.1) is 5.92 Å². The fraction of sp³-hybridized carbons (Fsp3) is 0.526. The number of carbonyl (C=O) groups is 3. The predicted molar refractivity (Wildman–Crippen MR) is 102 cm³/mol. The summed E-state index contributed by atoms with van der Waals surface area (Å²) in [6, 6.07) is 4.52. The van der Waals surface area contributed by atoms with Crippen molar-refractivity contribution in [1.29, 1.82) is 0 Å². The molecular weight excluding hydrogens is 372 g/mol. The Labute approximate surface area is 163 Å². The molecule has 2 amide bonds. The minimum absolute atomic E-state index is 0.257. The van der Waals surface area contributed by atoms with Gasteiger partial charge in [0.2, 0.25) is 5.91 Å². The first kappa shape index (κ1) is 21.0. The van der Waals surface area contributed by atoms with Gasteiger partial charge in [-0.3, -0.25) is 4.79 Å². The predicted octanol–water partition coefficient (Wildman–Crippen LogP) is 3.71. The van der Waals surface area contributed by atoms with E-state index in [1.165, 1.54) is 25.3 Å². The molecule has 148 valence electrons. The average Bonchev–Trinajstić information content (AvgIpc) is 2.61. The van der Waals surface area contributed by atoms with Crippen molar-refractivity contribution in [3.05, 3.63) is 28.8 Å². The normalized spacial score (nSPS) is 17.2. The molecule has 2 rings (SSSR count). The molecule has 1 aliphatic heterocycles. The molecule has 8 heteroatoms. The summed E-state index contributed by atoms with van der Waals surface area (Å²) in [5, 5.41) is 3.07. The van der Waals surface area contributed by atoms with Gasteiger partial charge in [0, 0.05) is 13.1 Å². The quantitative estimate of drug-likeness (QED) is 0.787. The average molecular weight is 397 g/mol. The zero-order chi connectivity index (χ0) is 20.2. The maximum Gasteiger partial charge on any atom is 0.410 e. The summed E-state index contributed by atoms with van der Waals surface area (Å²) in [6.45, 7) is 6.23. The highest BCUT2D eigenvalue weighted by Gasteiger charge is 2.31. The summed E-state index contributed by atoms with van der Waals surface area (Å²) in [5.41, 5.74) is 0.0314. The van der Waals surface area contributed by atoms with Gasteiger partial charge in [0.05, 0.1) is 29.3 Å². The Kier molecular flexibility index (Phi) is 6.70. The molecule has 7 nitrogen and oxygen atoms in total. The molecule has 27 heavy (non-hydrogen) atoms. The summed E-state index contributed by atoms with van der Waals surface area (Å²) in [7, 11) is 1.28. The number of hydrogen-bond acceptors (Lipinski definition) is 5. The Morgan fingerprint density at radius 1 is 1.26 bits per heavy atom. The van der Waals surface area contributed by atoms with Gasteiger partial charge in [-0.05, 0) is 51.8 Å². The standard InChI is InChI=1S/C19H25ClN2O5/c1-19(2,3)27-18(25)22-9-5-6-13(11-22)16(23)21-15-10-12(17(24)26-4)7-8-14(15)20/h7-8,10,13H,5-6,9,11H2,1-4H3,(H,21,23). The molecule has 1 heterocycles. The summed E-state index contributed by atoms with van der Waals surface area (Å²) in [5.74, 6) is -1.16. The van der Waals surface area contributed by atoms with Crippen LogP contribution in [0.15, 0.2) is 18.2 Å². The van der Waals surface area contributed by atoms with Crippen LogP contribution in [0.4, 0.5) is 10.5 Å². The van der Waals surface area contributed by atoms with Crippen LogP contribution in [0.25, 0.3) is 0 Å². The minimum atomic E-state index is -0.589. The van der Waals surface area contributed by atoms with E-state index in [2.05, 4.69) is 10.1 Å². The lowest BCUT2D eigenvalue weighted by molar-refractivity contribution is -0.121. The molecule has 1 fully saturated rings. The fourth-order valence-corrected chi connectivity index (χ4v) is 2.95. The number of esters is 1. The van der Waals surface area contributed by atoms with Gasteiger partial charge in [0.1, 0.15) is 5.60 Å². The number of nitrogens with zero attached hydrogens (tertiary/aromatic N) is 1. The van der Waals surface area contributed by atoms with Crippen molar-refractivity contribution in [2.75, 3.05) is 25.5 Å². The Hall–Kier alpha value is -2.28. The molecule has 0 aliphatic carbocycles. The molecule has 1 N–H and O–H groups in total. The molecule has 0 saturated carbocycles. The number of rotatable bonds is 3. The van der Waals surface area contributed by atoms with Gasteiger partial charge < -0.3 is 19.7 Å². The zero-order valence-corrected chi connectivity index (χ0v) is 16.8. The Balaban J connectivity index is 2.05. The van der Waals surface area contributed by atoms with Crippen LogP contribution >= 0.6 is 11.6 Å². The number of amides is 2. The highest BCUT2D eigenvalue weighted by Crippen LogP contribution is 2.26. The van der Waals surface area contributed by atoms with E-state index < -0.39 is 17.7 Å². The van der Waals surface area contributed by atoms with Crippen LogP contribution in [-0.2, 0) is 14.3 Å². The van der Waals surface area contributed by atoms with Crippen molar-refractivity contribution >= 4 is 35.3 Å². The third-order valence-corrected chi connectivity index (χ3v) is 4.42. The van der Waals surface area contributed by atoms with Crippen molar-refractivity contribution in [3.8, 4) is 0 Å². The molecule has 1 aromatic carbocycles. The van der Waals surface area contributed by atoms with Gasteiger partial charge in [-0.2, -0.15) is 0 Å². The molecule has 1 aromatic rings. The number of benzene rings is 1. The van der Waals surface area contributed by atoms with Crippen LogP contribution in [0.5, 0.6) is 0 Å². The van der Waals surface area contributed by atoms with Crippen LogP contribution in [-0.4, -0.2) is 48.7 Å². The topological polar surface area (TPSA) is 84.9 Å². The number of ether oxygens (including phenoxy) is 2. The highest BCUT2D eigenvalue weighted by molar-refractivity contribution is 6.33. The Morgan fingerprint density at radius 2 is 1.96 bits per heavy atom. The van der Waals surface area contributed by atoms with Crippen LogP contribution in [0.1, 0.15) is 44.0 Å². The lowest BCUT2D eigenvalue weighted by Crippen LogP contribution is -2.45. The number of hydrogen-bond donors (Lipinski definition) is 1. The first-order valence-electron chi connectivity index (χ1n) is 8.77. The van der Waals surface area contributed by atoms with Crippen molar-refractivity contribution in [3.63, 3.8) is 0 Å². The van der Waals surface area contributed by atoms with E-state index in [1.54, 1.807) is 25.7 Å². The molecule has 0 bridgehead atoms. The van der Waals surface area contributed by atoms with Gasteiger partial charge in [0.15, 0.2) is 0 Å². The molecule has 1 atom stereocenters. The first-order valence-corrected chi connectivity index (χ1v) is 9.15. The number of halogens is 1. The smallest absolute Gasteiger partial charge is 0.410 e. The second-order valence-corrected chi connectivity index (χ2v) is 7.85. The molecule has 1 unspecified atom stereocenters. The lowest BCUT2D eigenvalue weighted by atomic mass is 9.97. The number of nitrogens with one attached hydrogen (secondary N) is 1. The van der Waals surface area contributed by atoms with E-state index in [1.807, 2.05) is 0 Å². The number of methoxy groups -OCH3 is 1. The summed E-state index contributed by atoms with van der Waals surface area (Å²) in [4.78, 5) is 38.1. The van der Waals surface area contributed by atoms with E-state index in [4.69, 9.17) is 16.3 Å². The third-order valence-electron chi connectivity index (χ3n) is 4.09. The number of anilines is 1. The summed E-state index contributed by atoms with van der Waals surface area (Å²) >= 11 is 6.13. The molecule has 1 aliphatic rings. The second-order valence-electron chi connectivity index (χ2n) is 7.44. The third kappa shape index (κ3) is 5.85. The van der Waals surface area contributed by atoms with Crippen molar-refractivity contribution < 1.29 is 23.9 Å². The Bertz CT molecular complexity index is 729. The van der Waals surface area contributed by atoms with E-state index in [-0.39, 0.29) is 23.9 Å². The summed E-state index contributed by atoms with van der Waals surface area (Å²) in [6.07, 6.45) is 0.929. The number of piperidine rings is 1. The molecule has 0 spiro atoms. The summed E-state index contributed by atoms with van der Waals surface area (Å²) < 4.78 is 10.1. The van der Waals surface area contributed by atoms with Crippen molar-refractivity contribution in [1.82, 2.24) is 4.90 Å². The number of carbonyl (C=O) groups excluding carboxylic acids is 3. The van der Waals surface area contributed by atoms with Crippen molar-refractivity contribution in [2.45, 2.75) is 39.2 Å². The number of likely N-dealkylation sites (tertiary alicyclic amines) is 1. The largest absolute Gasteiger partial charge is 0.465 e. The van der Waals surface area contributed by atoms with Gasteiger partial charge in [-0.1, -0.05) is 11.6 Å². The molecule has 0 aromatic heterocycles. The van der Waals surface area contributed by atoms with Gasteiger partial charge in [-0.15, -0.1) is 0 Å². The monoisotopic (exact) mass is 396 g/mol. The lowest BCUT2D eigenvalue weighted by Gasteiger charge is -2.33. The van der Waals surface area contributed by atoms with Crippen LogP contribution < -0.4 is 5.32 Å². The Morgan fingerprint density at radius 3 is 2.59 bits per heavy atom. The minimum Gasteiger partial charge on any atom is -0.465 e. The van der Waals surface area contributed by atoms with E-state index in [9.17, 15) is 14.4 Å². The van der Waals surface area contributed by atoms with E-state index >= 15 is 0 Å². The second kappa shape index (κ2) is 8.61. The maximum atomic E-state index is 12.7. The maximum absolute atomic E-state index is 12.7. The highest BCUT2D eigenvalue weighted by atomic mass is 35.5. The van der Waals surface area contributed by atoms with Gasteiger partial charge >= 0.3 is 12.1 Å². The first-order chi connectivity index (χ1) is 12.6. The molecule has 0 radical (unpaired) electrons. The van der Waals surface area contributed by atoms with Crippen LogP contribution in [0.2, 0.25) is 5.02 Å². The fourth-order valence-electron chi connectivity index (χ4n) is 2.78.